The van der Waals surface area contributed by atoms with Crippen LogP contribution in [0.2, 0.25) is 0 Å². The Labute approximate surface area is 93.2 Å². The third kappa shape index (κ3) is 3.78. The number of nitrogens with one attached hydrogen (secondary N) is 1. The highest BCUT2D eigenvalue weighted by atomic mass is 14.9. The fourth-order valence-electron chi connectivity index (χ4n) is 1.37. The van der Waals surface area contributed by atoms with Crippen molar-refractivity contribution in [2.45, 2.75) is 27.2 Å². The molecule has 0 unspecified atom stereocenters. The van der Waals surface area contributed by atoms with Crippen LogP contribution in [0.3, 0.4) is 0 Å². The van der Waals surface area contributed by atoms with Crippen LogP contribution in [-0.4, -0.2) is 6.54 Å². The standard InChI is InChI=1S/C14H21N/c1-5-13-6-8-14(9-7-13)12(4)15-10-11(2)3/h6-9,11,15H,4-5,10H2,1-3H3. The van der Waals surface area contributed by atoms with Crippen LogP contribution in [0, 0.1) is 5.92 Å². The van der Waals surface area contributed by atoms with Gasteiger partial charge in [0.25, 0.3) is 0 Å². The summed E-state index contributed by atoms with van der Waals surface area (Å²) in [5, 5.41) is 3.34. The summed E-state index contributed by atoms with van der Waals surface area (Å²) in [4.78, 5) is 0. The van der Waals surface area contributed by atoms with Crippen molar-refractivity contribution in [2.24, 2.45) is 5.92 Å². The van der Waals surface area contributed by atoms with Crippen LogP contribution in [0.5, 0.6) is 0 Å². The highest BCUT2D eigenvalue weighted by molar-refractivity contribution is 5.61. The molecular formula is C14H21N. The molecule has 0 atom stereocenters. The lowest BCUT2D eigenvalue weighted by Crippen LogP contribution is -2.17. The van der Waals surface area contributed by atoms with Crippen molar-refractivity contribution in [3.05, 3.63) is 42.0 Å². The van der Waals surface area contributed by atoms with Crippen molar-refractivity contribution in [1.29, 1.82) is 0 Å². The molecule has 1 nitrogen and oxygen atoms in total. The first-order chi connectivity index (χ1) is 7.13. The van der Waals surface area contributed by atoms with E-state index >= 15 is 0 Å². The first kappa shape index (κ1) is 11.8. The van der Waals surface area contributed by atoms with Crippen LogP contribution in [0.15, 0.2) is 30.8 Å². The topological polar surface area (TPSA) is 12.0 Å². The molecular weight excluding hydrogens is 182 g/mol. The molecule has 0 radical (unpaired) electrons. The number of aryl methyl sites for hydroxylation is 1. The summed E-state index contributed by atoms with van der Waals surface area (Å²) >= 11 is 0. The Morgan fingerprint density at radius 2 is 1.87 bits per heavy atom. The van der Waals surface area contributed by atoms with E-state index in [-0.39, 0.29) is 0 Å². The van der Waals surface area contributed by atoms with Crippen molar-refractivity contribution in [3.8, 4) is 0 Å². The summed E-state index contributed by atoms with van der Waals surface area (Å²) in [6.45, 7) is 11.6. The van der Waals surface area contributed by atoms with Crippen molar-refractivity contribution in [2.75, 3.05) is 6.54 Å². The molecule has 0 aliphatic heterocycles. The molecule has 0 saturated heterocycles. The van der Waals surface area contributed by atoms with E-state index in [1.165, 1.54) is 11.1 Å². The molecule has 0 saturated carbocycles. The largest absolute Gasteiger partial charge is 0.385 e. The summed E-state index contributed by atoms with van der Waals surface area (Å²) in [5.41, 5.74) is 3.58. The van der Waals surface area contributed by atoms with E-state index in [0.29, 0.717) is 5.92 Å². The quantitative estimate of drug-likeness (QED) is 0.772. The van der Waals surface area contributed by atoms with E-state index in [0.717, 1.165) is 18.7 Å². The predicted molar refractivity (Wildman–Crippen MR) is 67.7 cm³/mol. The predicted octanol–water partition coefficient (Wildman–Crippen LogP) is 3.47. The molecule has 0 bridgehead atoms. The zero-order valence-corrected chi connectivity index (χ0v) is 10.0. The Hall–Kier alpha value is -1.24. The van der Waals surface area contributed by atoms with Gasteiger partial charge < -0.3 is 5.32 Å². The van der Waals surface area contributed by atoms with E-state index in [1.54, 1.807) is 0 Å². The number of hydrogen-bond donors (Lipinski definition) is 1. The van der Waals surface area contributed by atoms with Gasteiger partial charge in [-0.3, -0.25) is 0 Å². The lowest BCUT2D eigenvalue weighted by Gasteiger charge is -2.12. The van der Waals surface area contributed by atoms with Gasteiger partial charge in [0.2, 0.25) is 0 Å². The second kappa shape index (κ2) is 5.59. The molecule has 0 spiro atoms. The summed E-state index contributed by atoms with van der Waals surface area (Å²) in [7, 11) is 0. The van der Waals surface area contributed by atoms with Crippen LogP contribution in [0.4, 0.5) is 0 Å². The summed E-state index contributed by atoms with van der Waals surface area (Å²) in [6.07, 6.45) is 1.09. The maximum Gasteiger partial charge on any atom is 0.0340 e. The Kier molecular flexibility index (Phi) is 4.41. The summed E-state index contributed by atoms with van der Waals surface area (Å²) in [6, 6.07) is 8.60. The van der Waals surface area contributed by atoms with Gasteiger partial charge in [0.1, 0.15) is 0 Å². The van der Waals surface area contributed by atoms with E-state index in [9.17, 15) is 0 Å². The lowest BCUT2D eigenvalue weighted by atomic mass is 10.1. The van der Waals surface area contributed by atoms with Crippen LogP contribution in [0.25, 0.3) is 5.70 Å². The highest BCUT2D eigenvalue weighted by Crippen LogP contribution is 2.11. The molecule has 1 N–H and O–H groups in total. The van der Waals surface area contributed by atoms with Gasteiger partial charge in [0, 0.05) is 12.2 Å². The van der Waals surface area contributed by atoms with Gasteiger partial charge >= 0.3 is 0 Å². The molecule has 1 heteroatoms. The van der Waals surface area contributed by atoms with Crippen LogP contribution in [0.1, 0.15) is 31.9 Å². The Balaban J connectivity index is 2.58. The van der Waals surface area contributed by atoms with E-state index < -0.39 is 0 Å². The summed E-state index contributed by atoms with van der Waals surface area (Å²) in [5.74, 6) is 0.650. The smallest absolute Gasteiger partial charge is 0.0340 e. The average Bonchev–Trinajstić information content (AvgIpc) is 2.26. The molecule has 1 rings (SSSR count). The normalized spacial score (nSPS) is 10.4. The molecule has 0 heterocycles. The lowest BCUT2D eigenvalue weighted by molar-refractivity contribution is 0.618. The molecule has 0 aliphatic rings. The molecule has 0 fully saturated rings. The molecule has 0 aliphatic carbocycles. The van der Waals surface area contributed by atoms with Crippen molar-refractivity contribution in [3.63, 3.8) is 0 Å². The van der Waals surface area contributed by atoms with Crippen molar-refractivity contribution >= 4 is 5.70 Å². The first-order valence-corrected chi connectivity index (χ1v) is 5.65. The average molecular weight is 203 g/mol. The van der Waals surface area contributed by atoms with Gasteiger partial charge in [-0.25, -0.2) is 0 Å². The molecule has 0 amide bonds. The zero-order valence-electron chi connectivity index (χ0n) is 10.0. The van der Waals surface area contributed by atoms with Gasteiger partial charge in [-0.15, -0.1) is 0 Å². The van der Waals surface area contributed by atoms with Crippen LogP contribution >= 0.6 is 0 Å². The van der Waals surface area contributed by atoms with Gasteiger partial charge in [-0.05, 0) is 23.5 Å². The Bertz CT molecular complexity index is 309. The SMILES string of the molecule is C=C(NCC(C)C)c1ccc(CC)cc1. The minimum atomic E-state index is 0.650. The molecule has 1 aromatic rings. The molecule has 0 aromatic heterocycles. The second-order valence-electron chi connectivity index (χ2n) is 4.30. The second-order valence-corrected chi connectivity index (χ2v) is 4.30. The number of rotatable bonds is 5. The Morgan fingerprint density at radius 3 is 2.33 bits per heavy atom. The van der Waals surface area contributed by atoms with E-state index in [1.807, 2.05) is 0 Å². The van der Waals surface area contributed by atoms with Gasteiger partial charge in [0.05, 0.1) is 0 Å². The highest BCUT2D eigenvalue weighted by Gasteiger charge is 1.99. The molecule has 82 valence electrons. The number of hydrogen-bond acceptors (Lipinski definition) is 1. The van der Waals surface area contributed by atoms with Crippen LogP contribution < -0.4 is 5.32 Å². The maximum atomic E-state index is 4.04. The van der Waals surface area contributed by atoms with Crippen molar-refractivity contribution in [1.82, 2.24) is 5.32 Å². The van der Waals surface area contributed by atoms with Gasteiger partial charge in [-0.1, -0.05) is 51.6 Å². The van der Waals surface area contributed by atoms with Gasteiger partial charge in [-0.2, -0.15) is 0 Å². The molecule has 1 aromatic carbocycles. The third-order valence-electron chi connectivity index (χ3n) is 2.43. The monoisotopic (exact) mass is 203 g/mol. The van der Waals surface area contributed by atoms with E-state index in [2.05, 4.69) is 56.9 Å². The maximum absolute atomic E-state index is 4.04. The minimum Gasteiger partial charge on any atom is -0.385 e. The van der Waals surface area contributed by atoms with Crippen molar-refractivity contribution < 1.29 is 0 Å². The fourth-order valence-corrected chi connectivity index (χ4v) is 1.37. The fraction of sp³-hybridized carbons (Fsp3) is 0.429. The van der Waals surface area contributed by atoms with Gasteiger partial charge in [0.15, 0.2) is 0 Å². The zero-order chi connectivity index (χ0) is 11.3. The minimum absolute atomic E-state index is 0.650. The Morgan fingerprint density at radius 1 is 1.27 bits per heavy atom. The molecule has 15 heavy (non-hydrogen) atoms. The third-order valence-corrected chi connectivity index (χ3v) is 2.43. The summed E-state index contributed by atoms with van der Waals surface area (Å²) < 4.78 is 0. The van der Waals surface area contributed by atoms with Crippen LogP contribution in [-0.2, 0) is 6.42 Å². The first-order valence-electron chi connectivity index (χ1n) is 5.65. The van der Waals surface area contributed by atoms with E-state index in [4.69, 9.17) is 0 Å². The number of benzene rings is 1.